The fourth-order valence-electron chi connectivity index (χ4n) is 2.05. The normalized spacial score (nSPS) is 13.2. The summed E-state index contributed by atoms with van der Waals surface area (Å²) in [5, 5.41) is 14.5. The quantitative estimate of drug-likeness (QED) is 0.719. The maximum absolute atomic E-state index is 11.1. The van der Waals surface area contributed by atoms with Crippen LogP contribution < -0.4 is 5.73 Å². The summed E-state index contributed by atoms with van der Waals surface area (Å²) in [5.41, 5.74) is 6.86. The smallest absolute Gasteiger partial charge is 0.304 e. The summed E-state index contributed by atoms with van der Waals surface area (Å²) >= 11 is 0. The Labute approximate surface area is 107 Å². The fourth-order valence-corrected chi connectivity index (χ4v) is 2.05. The minimum absolute atomic E-state index is 0.132. The number of amides is 1. The predicted molar refractivity (Wildman–Crippen MR) is 67.5 cm³/mol. The van der Waals surface area contributed by atoms with Crippen molar-refractivity contribution in [3.63, 3.8) is 0 Å². The van der Waals surface area contributed by atoms with Gasteiger partial charge >= 0.3 is 5.91 Å². The minimum Gasteiger partial charge on any atom is -0.432 e. The second-order valence-corrected chi connectivity index (χ2v) is 4.41. The molecule has 98 valence electrons. The van der Waals surface area contributed by atoms with Gasteiger partial charge in [-0.05, 0) is 19.1 Å². The van der Waals surface area contributed by atoms with Crippen molar-refractivity contribution in [1.82, 2.24) is 14.8 Å². The van der Waals surface area contributed by atoms with Crippen LogP contribution in [0.1, 0.15) is 17.6 Å². The maximum Gasteiger partial charge on any atom is 0.304 e. The van der Waals surface area contributed by atoms with Crippen molar-refractivity contribution >= 4 is 27.9 Å². The van der Waals surface area contributed by atoms with Gasteiger partial charge in [-0.1, -0.05) is 0 Å². The molecular formula is C12H12N4O3. The number of benzene rings is 1. The van der Waals surface area contributed by atoms with E-state index < -0.39 is 12.0 Å². The standard InChI is InChI=1S/C12H12N4O3/c1-6(17)5-16-10-7(4-14-16)2-3-8-9(10)15-12(19-8)11(13)18/h2-4,6,17H,5H2,1H3,(H2,13,18)/t6-/m1/s1. The molecule has 3 N–H and O–H groups in total. The second-order valence-electron chi connectivity index (χ2n) is 4.41. The summed E-state index contributed by atoms with van der Waals surface area (Å²) in [7, 11) is 0. The van der Waals surface area contributed by atoms with Crippen LogP contribution in [0.5, 0.6) is 0 Å². The Hall–Kier alpha value is -2.41. The first kappa shape index (κ1) is 11.7. The van der Waals surface area contributed by atoms with Crippen molar-refractivity contribution in [2.75, 3.05) is 0 Å². The molecule has 7 nitrogen and oxygen atoms in total. The van der Waals surface area contributed by atoms with Gasteiger partial charge in [0.25, 0.3) is 5.89 Å². The highest BCUT2D eigenvalue weighted by molar-refractivity contribution is 6.03. The molecule has 0 bridgehead atoms. The first-order chi connectivity index (χ1) is 9.06. The Morgan fingerprint density at radius 3 is 3.05 bits per heavy atom. The molecule has 0 spiro atoms. The number of nitrogens with two attached hydrogens (primary N) is 1. The Kier molecular flexibility index (Phi) is 2.49. The average Bonchev–Trinajstić information content (AvgIpc) is 2.91. The molecule has 0 fully saturated rings. The molecule has 1 atom stereocenters. The molecule has 0 unspecified atom stereocenters. The zero-order chi connectivity index (χ0) is 13.6. The molecule has 3 aromatic rings. The van der Waals surface area contributed by atoms with E-state index in [1.54, 1.807) is 23.9 Å². The van der Waals surface area contributed by atoms with Gasteiger partial charge in [0, 0.05) is 5.39 Å². The van der Waals surface area contributed by atoms with E-state index in [9.17, 15) is 9.90 Å². The number of aliphatic hydroxyl groups excluding tert-OH is 1. The highest BCUT2D eigenvalue weighted by Crippen LogP contribution is 2.25. The van der Waals surface area contributed by atoms with Gasteiger partial charge in [-0.15, -0.1) is 0 Å². The van der Waals surface area contributed by atoms with Crippen molar-refractivity contribution in [2.45, 2.75) is 19.6 Å². The molecule has 3 rings (SSSR count). The maximum atomic E-state index is 11.1. The molecule has 2 aromatic heterocycles. The van der Waals surface area contributed by atoms with Crippen LogP contribution in [0, 0.1) is 0 Å². The van der Waals surface area contributed by atoms with Gasteiger partial charge < -0.3 is 15.3 Å². The molecule has 0 aliphatic carbocycles. The number of carbonyl (C=O) groups excluding carboxylic acids is 1. The summed E-state index contributed by atoms with van der Waals surface area (Å²) in [6.45, 7) is 2.01. The Morgan fingerprint density at radius 2 is 2.37 bits per heavy atom. The monoisotopic (exact) mass is 260 g/mol. The number of primary amides is 1. The van der Waals surface area contributed by atoms with Gasteiger partial charge in [-0.2, -0.15) is 5.10 Å². The van der Waals surface area contributed by atoms with Gasteiger partial charge in [0.05, 0.1) is 24.4 Å². The number of oxazole rings is 1. The SMILES string of the molecule is C[C@@H](O)Cn1ncc2ccc3oc(C(N)=O)nc3c21. The molecular weight excluding hydrogens is 248 g/mol. The molecule has 1 amide bonds. The van der Waals surface area contributed by atoms with Crippen LogP contribution in [0.4, 0.5) is 0 Å². The first-order valence-corrected chi connectivity index (χ1v) is 5.79. The average molecular weight is 260 g/mol. The third-order valence-electron chi connectivity index (χ3n) is 2.81. The first-order valence-electron chi connectivity index (χ1n) is 5.79. The van der Waals surface area contributed by atoms with Gasteiger partial charge in [0.2, 0.25) is 0 Å². The summed E-state index contributed by atoms with van der Waals surface area (Å²) in [5.74, 6) is -0.849. The lowest BCUT2D eigenvalue weighted by atomic mass is 10.2. The molecule has 2 heterocycles. The van der Waals surface area contributed by atoms with E-state index in [1.807, 2.05) is 6.07 Å². The lowest BCUT2D eigenvalue weighted by Gasteiger charge is -2.05. The highest BCUT2D eigenvalue weighted by Gasteiger charge is 2.16. The molecule has 7 heteroatoms. The minimum atomic E-state index is -0.717. The number of nitrogens with zero attached hydrogens (tertiary/aromatic N) is 3. The number of rotatable bonds is 3. The van der Waals surface area contributed by atoms with Crippen molar-refractivity contribution in [1.29, 1.82) is 0 Å². The molecule has 0 saturated carbocycles. The van der Waals surface area contributed by atoms with Crippen LogP contribution in [-0.2, 0) is 6.54 Å². The molecule has 1 aromatic carbocycles. The lowest BCUT2D eigenvalue weighted by molar-refractivity contribution is 0.0969. The summed E-state index contributed by atoms with van der Waals surface area (Å²) in [6, 6.07) is 3.53. The topological polar surface area (TPSA) is 107 Å². The van der Waals surface area contributed by atoms with E-state index in [4.69, 9.17) is 10.2 Å². The van der Waals surface area contributed by atoms with Crippen LogP contribution in [0.3, 0.4) is 0 Å². The number of aliphatic hydroxyl groups is 1. The van der Waals surface area contributed by atoms with E-state index in [2.05, 4.69) is 10.1 Å². The Morgan fingerprint density at radius 1 is 1.58 bits per heavy atom. The summed E-state index contributed by atoms with van der Waals surface area (Å²) in [4.78, 5) is 15.2. The molecule has 0 aliphatic rings. The van der Waals surface area contributed by atoms with Crippen molar-refractivity contribution in [3.05, 3.63) is 24.2 Å². The van der Waals surface area contributed by atoms with E-state index >= 15 is 0 Å². The van der Waals surface area contributed by atoms with E-state index in [0.29, 0.717) is 17.6 Å². The molecule has 0 aliphatic heterocycles. The largest absolute Gasteiger partial charge is 0.432 e. The molecule has 0 radical (unpaired) electrons. The predicted octanol–water partition coefficient (Wildman–Crippen LogP) is 0.657. The van der Waals surface area contributed by atoms with Crippen molar-refractivity contribution in [3.8, 4) is 0 Å². The third-order valence-corrected chi connectivity index (χ3v) is 2.81. The van der Waals surface area contributed by atoms with Crippen LogP contribution in [0.15, 0.2) is 22.7 Å². The number of hydrogen-bond donors (Lipinski definition) is 2. The van der Waals surface area contributed by atoms with Crippen LogP contribution in [0.25, 0.3) is 22.0 Å². The van der Waals surface area contributed by atoms with Crippen molar-refractivity contribution < 1.29 is 14.3 Å². The van der Waals surface area contributed by atoms with Gasteiger partial charge in [0.15, 0.2) is 5.58 Å². The highest BCUT2D eigenvalue weighted by atomic mass is 16.4. The van der Waals surface area contributed by atoms with E-state index in [-0.39, 0.29) is 5.89 Å². The van der Waals surface area contributed by atoms with Gasteiger partial charge in [-0.25, -0.2) is 4.98 Å². The number of aromatic nitrogens is 3. The van der Waals surface area contributed by atoms with Crippen LogP contribution >= 0.6 is 0 Å². The zero-order valence-corrected chi connectivity index (χ0v) is 10.2. The zero-order valence-electron chi connectivity index (χ0n) is 10.2. The number of carbonyl (C=O) groups is 1. The van der Waals surface area contributed by atoms with Crippen LogP contribution in [0.2, 0.25) is 0 Å². The summed E-state index contributed by atoms with van der Waals surface area (Å²) < 4.78 is 6.91. The van der Waals surface area contributed by atoms with Gasteiger partial charge in [-0.3, -0.25) is 9.48 Å². The van der Waals surface area contributed by atoms with Crippen molar-refractivity contribution in [2.24, 2.45) is 5.73 Å². The third kappa shape index (κ3) is 1.84. The fraction of sp³-hybridized carbons (Fsp3) is 0.250. The molecule has 0 saturated heterocycles. The summed E-state index contributed by atoms with van der Waals surface area (Å²) in [6.07, 6.45) is 1.14. The van der Waals surface area contributed by atoms with Crippen LogP contribution in [-0.4, -0.2) is 31.9 Å². The van der Waals surface area contributed by atoms with Gasteiger partial charge in [0.1, 0.15) is 5.52 Å². The van der Waals surface area contributed by atoms with E-state index in [1.165, 1.54) is 0 Å². The Bertz CT molecular complexity index is 772. The molecule has 19 heavy (non-hydrogen) atoms. The number of hydrogen-bond acceptors (Lipinski definition) is 5. The second kappa shape index (κ2) is 4.06. The lowest BCUT2D eigenvalue weighted by Crippen LogP contribution is -2.13. The van der Waals surface area contributed by atoms with E-state index in [0.717, 1.165) is 10.9 Å². The Balaban J connectivity index is 2.30. The number of fused-ring (bicyclic) bond motifs is 3.